The van der Waals surface area contributed by atoms with Crippen molar-refractivity contribution >= 4 is 45.1 Å². The lowest BCUT2D eigenvalue weighted by molar-refractivity contribution is -0.139. The number of sulfonamides is 1. The second kappa shape index (κ2) is 9.87. The molecule has 0 aliphatic rings. The molecule has 3 N–H and O–H groups in total. The predicted octanol–water partition coefficient (Wildman–Crippen LogP) is 2.78. The standard InChI is InChI=1S/C20H17N3O6S2/c24-18(25)13-29-17-5-2-1-4-15(17)12-21-22-20(26)14-7-9-16(10-8-14)23-31(27,28)19-6-3-11-30-19/h1-12,23H,13H2,(H,22,26)(H,24,25)/b21-12-. The van der Waals surface area contributed by atoms with Crippen LogP contribution in [0.2, 0.25) is 0 Å². The number of ether oxygens (including phenoxy) is 1. The first-order valence-corrected chi connectivity index (χ1v) is 11.1. The normalized spacial score (nSPS) is 11.2. The molecule has 0 bridgehead atoms. The minimum absolute atomic E-state index is 0.191. The number of aliphatic carboxylic acids is 1. The van der Waals surface area contributed by atoms with Crippen LogP contribution in [0, 0.1) is 0 Å². The molecule has 0 saturated carbocycles. The summed E-state index contributed by atoms with van der Waals surface area (Å²) in [6, 6.07) is 15.6. The first kappa shape index (κ1) is 22.0. The number of carbonyl (C=O) groups excluding carboxylic acids is 1. The van der Waals surface area contributed by atoms with E-state index in [-0.39, 0.29) is 9.77 Å². The zero-order chi connectivity index (χ0) is 22.3. The van der Waals surface area contributed by atoms with E-state index in [0.717, 1.165) is 11.3 Å². The highest BCUT2D eigenvalue weighted by atomic mass is 32.2. The zero-order valence-corrected chi connectivity index (χ0v) is 17.5. The Balaban J connectivity index is 1.61. The van der Waals surface area contributed by atoms with E-state index in [0.29, 0.717) is 17.0 Å². The van der Waals surface area contributed by atoms with Gasteiger partial charge < -0.3 is 9.84 Å². The van der Waals surface area contributed by atoms with Crippen LogP contribution >= 0.6 is 11.3 Å². The van der Waals surface area contributed by atoms with E-state index in [2.05, 4.69) is 15.2 Å². The highest BCUT2D eigenvalue weighted by molar-refractivity contribution is 7.94. The van der Waals surface area contributed by atoms with E-state index in [1.807, 2.05) is 0 Å². The molecule has 160 valence electrons. The van der Waals surface area contributed by atoms with Crippen molar-refractivity contribution in [2.45, 2.75) is 4.21 Å². The molecule has 0 radical (unpaired) electrons. The number of thiophene rings is 1. The summed E-state index contributed by atoms with van der Waals surface area (Å²) in [6.07, 6.45) is 1.33. The maximum absolute atomic E-state index is 12.2. The third kappa shape index (κ3) is 6.14. The fourth-order valence-electron chi connectivity index (χ4n) is 2.39. The Bertz CT molecular complexity index is 1190. The highest BCUT2D eigenvalue weighted by Crippen LogP contribution is 2.20. The van der Waals surface area contributed by atoms with Crippen molar-refractivity contribution in [1.29, 1.82) is 0 Å². The van der Waals surface area contributed by atoms with Gasteiger partial charge in [-0.15, -0.1) is 11.3 Å². The summed E-state index contributed by atoms with van der Waals surface area (Å²) in [7, 11) is -3.67. The Labute approximate surface area is 182 Å². The summed E-state index contributed by atoms with van der Waals surface area (Å²) in [5.74, 6) is -1.31. The number of hydrogen-bond donors (Lipinski definition) is 3. The van der Waals surface area contributed by atoms with Crippen LogP contribution in [-0.2, 0) is 14.8 Å². The number of hydrazone groups is 1. The first-order valence-electron chi connectivity index (χ1n) is 8.78. The number of carbonyl (C=O) groups is 2. The number of anilines is 1. The van der Waals surface area contributed by atoms with E-state index in [1.54, 1.807) is 35.7 Å². The Hall–Kier alpha value is -3.70. The summed E-state index contributed by atoms with van der Waals surface area (Å²) in [5, 5.41) is 14.2. The van der Waals surface area contributed by atoms with E-state index in [1.165, 1.54) is 36.5 Å². The van der Waals surface area contributed by atoms with Crippen LogP contribution in [-0.4, -0.2) is 38.2 Å². The van der Waals surface area contributed by atoms with Gasteiger partial charge in [0.1, 0.15) is 9.96 Å². The lowest BCUT2D eigenvalue weighted by Gasteiger charge is -2.07. The number of nitrogens with zero attached hydrogens (tertiary/aromatic N) is 1. The number of nitrogens with one attached hydrogen (secondary N) is 2. The third-order valence-corrected chi connectivity index (χ3v) is 6.58. The maximum atomic E-state index is 12.2. The molecule has 0 saturated heterocycles. The molecule has 0 spiro atoms. The molecule has 11 heteroatoms. The van der Waals surface area contributed by atoms with E-state index in [9.17, 15) is 18.0 Å². The van der Waals surface area contributed by atoms with Crippen molar-refractivity contribution in [3.63, 3.8) is 0 Å². The molecule has 3 aromatic rings. The van der Waals surface area contributed by atoms with E-state index >= 15 is 0 Å². The molecule has 0 aliphatic carbocycles. The van der Waals surface area contributed by atoms with Crippen LogP contribution in [0.3, 0.4) is 0 Å². The van der Waals surface area contributed by atoms with Gasteiger partial charge in [-0.3, -0.25) is 9.52 Å². The van der Waals surface area contributed by atoms with Crippen molar-refractivity contribution in [2.75, 3.05) is 11.3 Å². The summed E-state index contributed by atoms with van der Waals surface area (Å²) in [4.78, 5) is 22.9. The molecule has 1 amide bonds. The monoisotopic (exact) mass is 459 g/mol. The molecule has 3 rings (SSSR count). The van der Waals surface area contributed by atoms with Crippen LogP contribution < -0.4 is 14.9 Å². The van der Waals surface area contributed by atoms with Gasteiger partial charge in [-0.2, -0.15) is 5.10 Å². The van der Waals surface area contributed by atoms with E-state index < -0.39 is 28.5 Å². The fraction of sp³-hybridized carbons (Fsp3) is 0.0500. The van der Waals surface area contributed by atoms with Gasteiger partial charge in [-0.1, -0.05) is 18.2 Å². The second-order valence-corrected chi connectivity index (χ2v) is 8.89. The Kier molecular flexibility index (Phi) is 7.00. The Morgan fingerprint density at radius 3 is 2.48 bits per heavy atom. The summed E-state index contributed by atoms with van der Waals surface area (Å²) in [6.45, 7) is -0.500. The first-order chi connectivity index (χ1) is 14.8. The SMILES string of the molecule is O=C(O)COc1ccccc1/C=N\NC(=O)c1ccc(NS(=O)(=O)c2cccs2)cc1. The van der Waals surface area contributed by atoms with Gasteiger partial charge in [-0.25, -0.2) is 18.6 Å². The summed E-state index contributed by atoms with van der Waals surface area (Å²) in [5.41, 5.74) is 3.43. The van der Waals surface area contributed by atoms with Gasteiger partial charge in [0, 0.05) is 16.8 Å². The second-order valence-electron chi connectivity index (χ2n) is 6.03. The van der Waals surface area contributed by atoms with E-state index in [4.69, 9.17) is 9.84 Å². The number of carboxylic acid groups (broad SMARTS) is 1. The van der Waals surface area contributed by atoms with Crippen LogP contribution in [0.25, 0.3) is 0 Å². The lowest BCUT2D eigenvalue weighted by atomic mass is 10.2. The molecule has 9 nitrogen and oxygen atoms in total. The lowest BCUT2D eigenvalue weighted by Crippen LogP contribution is -2.18. The van der Waals surface area contributed by atoms with Crippen molar-refractivity contribution in [3.05, 3.63) is 77.2 Å². The Morgan fingerprint density at radius 2 is 1.81 bits per heavy atom. The van der Waals surface area contributed by atoms with Crippen molar-refractivity contribution in [1.82, 2.24) is 5.43 Å². The molecule has 1 heterocycles. The Morgan fingerprint density at radius 1 is 1.06 bits per heavy atom. The zero-order valence-electron chi connectivity index (χ0n) is 15.9. The summed E-state index contributed by atoms with van der Waals surface area (Å²) >= 11 is 1.10. The third-order valence-electron chi connectivity index (χ3n) is 3.80. The van der Waals surface area contributed by atoms with Gasteiger partial charge in [0.2, 0.25) is 0 Å². The molecule has 1 aromatic heterocycles. The smallest absolute Gasteiger partial charge is 0.341 e. The number of amides is 1. The van der Waals surface area contributed by atoms with Gasteiger partial charge >= 0.3 is 5.97 Å². The van der Waals surface area contributed by atoms with Crippen molar-refractivity contribution < 1.29 is 27.9 Å². The average molecular weight is 460 g/mol. The number of benzene rings is 2. The minimum Gasteiger partial charge on any atom is -0.481 e. The van der Waals surface area contributed by atoms with Crippen LogP contribution in [0.15, 0.2) is 75.4 Å². The van der Waals surface area contributed by atoms with Crippen LogP contribution in [0.5, 0.6) is 5.75 Å². The molecular formula is C20H17N3O6S2. The molecular weight excluding hydrogens is 442 g/mol. The van der Waals surface area contributed by atoms with Gasteiger partial charge in [0.05, 0.1) is 6.21 Å². The van der Waals surface area contributed by atoms with Gasteiger partial charge in [0.15, 0.2) is 6.61 Å². The number of para-hydroxylation sites is 1. The molecule has 31 heavy (non-hydrogen) atoms. The highest BCUT2D eigenvalue weighted by Gasteiger charge is 2.15. The molecule has 0 aliphatic heterocycles. The topological polar surface area (TPSA) is 134 Å². The van der Waals surface area contributed by atoms with Gasteiger partial charge in [-0.05, 0) is 47.8 Å². The van der Waals surface area contributed by atoms with Crippen molar-refractivity contribution in [2.24, 2.45) is 5.10 Å². The number of hydrogen-bond acceptors (Lipinski definition) is 7. The minimum atomic E-state index is -3.67. The number of rotatable bonds is 9. The predicted molar refractivity (Wildman–Crippen MR) is 116 cm³/mol. The van der Waals surface area contributed by atoms with Crippen LogP contribution in [0.1, 0.15) is 15.9 Å². The summed E-state index contributed by atoms with van der Waals surface area (Å²) < 4.78 is 32.2. The largest absolute Gasteiger partial charge is 0.481 e. The molecule has 2 aromatic carbocycles. The average Bonchev–Trinajstić information content (AvgIpc) is 3.29. The van der Waals surface area contributed by atoms with Crippen LogP contribution in [0.4, 0.5) is 5.69 Å². The quantitative estimate of drug-likeness (QED) is 0.333. The number of carboxylic acids is 1. The van der Waals surface area contributed by atoms with Gasteiger partial charge in [0.25, 0.3) is 15.9 Å². The van der Waals surface area contributed by atoms with Crippen molar-refractivity contribution in [3.8, 4) is 5.75 Å². The maximum Gasteiger partial charge on any atom is 0.341 e. The fourth-order valence-corrected chi connectivity index (χ4v) is 4.45. The molecule has 0 atom stereocenters. The molecule has 0 fully saturated rings. The molecule has 0 unspecified atom stereocenters.